The molecule has 3 heterocycles. The highest BCUT2D eigenvalue weighted by Gasteiger charge is 2.44. The van der Waals surface area contributed by atoms with Crippen LogP contribution in [0.2, 0.25) is 0 Å². The lowest BCUT2D eigenvalue weighted by molar-refractivity contribution is -0.0907. The van der Waals surface area contributed by atoms with E-state index < -0.39 is 34.4 Å². The van der Waals surface area contributed by atoms with Crippen molar-refractivity contribution in [3.8, 4) is 11.5 Å². The molecule has 0 spiro atoms. The van der Waals surface area contributed by atoms with E-state index in [4.69, 9.17) is 23.7 Å². The zero-order valence-electron chi connectivity index (χ0n) is 26.6. The molecule has 252 valence electrons. The third-order valence-corrected chi connectivity index (χ3v) is 10.6. The summed E-state index contributed by atoms with van der Waals surface area (Å²) in [5.41, 5.74) is 0.869. The highest BCUT2D eigenvalue weighted by Crippen LogP contribution is 2.34. The first-order valence-electron chi connectivity index (χ1n) is 16.1. The van der Waals surface area contributed by atoms with Crippen LogP contribution in [-0.2, 0) is 30.7 Å². The number of nitrogens with zero attached hydrogens (tertiary/aromatic N) is 1. The average molecular weight is 659 g/mol. The van der Waals surface area contributed by atoms with E-state index in [2.05, 4.69) is 17.5 Å². The molecule has 6 atom stereocenters. The van der Waals surface area contributed by atoms with Crippen molar-refractivity contribution in [1.82, 2.24) is 9.62 Å². The molecule has 0 unspecified atom stereocenters. The number of rotatable bonds is 8. The van der Waals surface area contributed by atoms with Gasteiger partial charge in [0.25, 0.3) is 0 Å². The Hall–Kier alpha value is -3.16. The van der Waals surface area contributed by atoms with E-state index in [0.717, 1.165) is 31.2 Å². The zero-order chi connectivity index (χ0) is 32.5. The Morgan fingerprint density at radius 1 is 1.11 bits per heavy atom. The smallest absolute Gasteiger partial charge is 0.407 e. The molecule has 0 bridgehead atoms. The van der Waals surface area contributed by atoms with Crippen LogP contribution in [0.25, 0.3) is 0 Å². The van der Waals surface area contributed by atoms with Crippen LogP contribution in [0, 0.1) is 11.8 Å². The lowest BCUT2D eigenvalue weighted by Gasteiger charge is -2.31. The van der Waals surface area contributed by atoms with Crippen LogP contribution in [0.4, 0.5) is 4.79 Å². The molecule has 2 fully saturated rings. The molecule has 2 aromatic carbocycles. The molecule has 3 aliphatic rings. The Bertz CT molecular complexity index is 1420. The molecule has 5 rings (SSSR count). The van der Waals surface area contributed by atoms with Crippen molar-refractivity contribution in [3.63, 3.8) is 0 Å². The van der Waals surface area contributed by atoms with Crippen molar-refractivity contribution < 1.29 is 42.0 Å². The van der Waals surface area contributed by atoms with Crippen molar-refractivity contribution in [3.05, 3.63) is 66.2 Å². The molecular weight excluding hydrogens is 612 g/mol. The number of aliphatic hydroxyl groups excluding tert-OH is 1. The van der Waals surface area contributed by atoms with E-state index >= 15 is 0 Å². The Labute approximate surface area is 271 Å². The van der Waals surface area contributed by atoms with Crippen LogP contribution >= 0.6 is 0 Å². The summed E-state index contributed by atoms with van der Waals surface area (Å²) >= 11 is 0. The van der Waals surface area contributed by atoms with E-state index in [9.17, 15) is 18.3 Å². The predicted octanol–water partition coefficient (Wildman–Crippen LogP) is 4.29. The zero-order valence-corrected chi connectivity index (χ0v) is 27.4. The maximum absolute atomic E-state index is 14.4. The van der Waals surface area contributed by atoms with Gasteiger partial charge in [-0.05, 0) is 62.1 Å². The molecule has 1 amide bonds. The lowest BCUT2D eigenvalue weighted by Crippen LogP contribution is -2.51. The highest BCUT2D eigenvalue weighted by molar-refractivity contribution is 7.89. The Kier molecular flexibility index (Phi) is 12.0. The minimum Gasteiger partial charge on any atom is -0.497 e. The van der Waals surface area contributed by atoms with Gasteiger partial charge >= 0.3 is 6.09 Å². The summed E-state index contributed by atoms with van der Waals surface area (Å²) in [5.74, 6) is 0.597. The Balaban J connectivity index is 1.40. The van der Waals surface area contributed by atoms with E-state index in [-0.39, 0.29) is 54.9 Å². The molecule has 0 saturated carbocycles. The van der Waals surface area contributed by atoms with Crippen LogP contribution in [-0.4, -0.2) is 88.5 Å². The summed E-state index contributed by atoms with van der Waals surface area (Å²) in [5, 5.41) is 14.6. The molecule has 2 saturated heterocycles. The van der Waals surface area contributed by atoms with Crippen molar-refractivity contribution in [2.75, 3.05) is 40.0 Å². The molecule has 2 N–H and O–H groups in total. The number of methoxy groups -OCH3 is 1. The normalized spacial score (nSPS) is 27.2. The van der Waals surface area contributed by atoms with Crippen molar-refractivity contribution in [2.24, 2.45) is 11.8 Å². The van der Waals surface area contributed by atoms with Crippen molar-refractivity contribution >= 4 is 16.1 Å². The number of fused-ring (bicyclic) bond motifs is 2. The van der Waals surface area contributed by atoms with Gasteiger partial charge in [0.05, 0.1) is 45.0 Å². The second kappa shape index (κ2) is 16.1. The molecule has 0 aliphatic carbocycles. The number of nitrogens with one attached hydrogen (secondary N) is 1. The summed E-state index contributed by atoms with van der Waals surface area (Å²) in [4.78, 5) is 13.2. The number of sulfonamides is 1. The summed E-state index contributed by atoms with van der Waals surface area (Å²) in [6.07, 6.45) is 5.67. The minimum atomic E-state index is -4.15. The van der Waals surface area contributed by atoms with Gasteiger partial charge in [-0.15, -0.1) is 0 Å². The molecule has 12 heteroatoms. The van der Waals surface area contributed by atoms with Gasteiger partial charge in [-0.2, -0.15) is 4.31 Å². The topological polar surface area (TPSA) is 133 Å². The van der Waals surface area contributed by atoms with Gasteiger partial charge in [-0.3, -0.25) is 0 Å². The lowest BCUT2D eigenvalue weighted by atomic mass is 10.0. The van der Waals surface area contributed by atoms with E-state index in [1.807, 2.05) is 37.3 Å². The molecule has 2 aromatic rings. The maximum atomic E-state index is 14.4. The number of aliphatic hydroxyl groups is 1. The fourth-order valence-corrected chi connectivity index (χ4v) is 7.81. The first-order valence-corrected chi connectivity index (χ1v) is 17.6. The second-order valence-electron chi connectivity index (χ2n) is 12.3. The number of allylic oxidation sites excluding steroid dienone is 2. The number of ether oxygens (including phenoxy) is 5. The predicted molar refractivity (Wildman–Crippen MR) is 171 cm³/mol. The number of carbonyl (C=O) groups excluding carboxylic acids is 1. The first kappa shape index (κ1) is 34.2. The summed E-state index contributed by atoms with van der Waals surface area (Å²) in [7, 11) is -2.64. The van der Waals surface area contributed by atoms with Crippen molar-refractivity contribution in [1.29, 1.82) is 0 Å². The number of carbonyl (C=O) groups is 1. The van der Waals surface area contributed by atoms with Crippen LogP contribution in [0.5, 0.6) is 11.5 Å². The van der Waals surface area contributed by atoms with E-state index in [1.165, 1.54) is 17.5 Å². The summed E-state index contributed by atoms with van der Waals surface area (Å²) in [6.45, 7) is 3.01. The fraction of sp³-hybridized carbons (Fsp3) is 0.559. The monoisotopic (exact) mass is 658 g/mol. The largest absolute Gasteiger partial charge is 0.497 e. The molecule has 46 heavy (non-hydrogen) atoms. The second-order valence-corrected chi connectivity index (χ2v) is 14.2. The average Bonchev–Trinajstić information content (AvgIpc) is 3.67. The van der Waals surface area contributed by atoms with E-state index in [0.29, 0.717) is 25.4 Å². The number of alkyl carbamates (subject to hydrolysis) is 1. The molecule has 3 aliphatic heterocycles. The highest BCUT2D eigenvalue weighted by atomic mass is 32.2. The maximum Gasteiger partial charge on any atom is 0.407 e. The Morgan fingerprint density at radius 3 is 2.74 bits per heavy atom. The third-order valence-electron chi connectivity index (χ3n) is 8.71. The van der Waals surface area contributed by atoms with Crippen LogP contribution in [0.1, 0.15) is 44.6 Å². The number of benzene rings is 2. The van der Waals surface area contributed by atoms with Gasteiger partial charge < -0.3 is 34.1 Å². The minimum absolute atomic E-state index is 0.00171. The van der Waals surface area contributed by atoms with Gasteiger partial charge in [-0.1, -0.05) is 49.4 Å². The molecular formula is C34H46N2O9S. The molecule has 11 nitrogen and oxygen atoms in total. The van der Waals surface area contributed by atoms with Crippen LogP contribution in [0.3, 0.4) is 0 Å². The van der Waals surface area contributed by atoms with Gasteiger partial charge in [0.2, 0.25) is 10.0 Å². The molecule has 0 aromatic heterocycles. The first-order chi connectivity index (χ1) is 22.2. The molecule has 0 radical (unpaired) electrons. The standard InChI is InChI=1S/C34H46N2O9S/c1-24-11-7-4-3-5-10-17-42-30-20-26(41-2)14-15-32(30)46(39,40)36(21-24)22-29(37)28(19-25-12-8-6-9-13-25)35-34(38)45-31-23-44-33-27(31)16-18-43-33/h4,6-9,12-15,20,24,27-29,31,33,37H,3,5,10-11,16-19,21-23H2,1-2H3,(H,35,38)/b7-4+/t24-,27-,28-,29+,31-,33+/m0/s1. The number of hydrogen-bond acceptors (Lipinski definition) is 9. The van der Waals surface area contributed by atoms with Gasteiger partial charge in [0.15, 0.2) is 6.29 Å². The number of hydrogen-bond donors (Lipinski definition) is 2. The summed E-state index contributed by atoms with van der Waals surface area (Å²) in [6, 6.07) is 13.2. The van der Waals surface area contributed by atoms with Gasteiger partial charge in [0.1, 0.15) is 22.5 Å². The third kappa shape index (κ3) is 8.80. The van der Waals surface area contributed by atoms with Crippen LogP contribution in [0.15, 0.2) is 65.6 Å². The van der Waals surface area contributed by atoms with Crippen molar-refractivity contribution in [2.45, 2.75) is 74.9 Å². The fourth-order valence-electron chi connectivity index (χ4n) is 6.12. The SMILES string of the molecule is COc1ccc2c(c1)OCCCC/C=C/C[C@H](C)CN(C[C@@H](O)[C@H](Cc1ccccc1)NC(=O)O[C@H]1CO[C@H]3OCC[C@H]31)S2(=O)=O. The van der Waals surface area contributed by atoms with E-state index in [1.54, 1.807) is 12.1 Å². The number of amides is 1. The Morgan fingerprint density at radius 2 is 1.93 bits per heavy atom. The van der Waals surface area contributed by atoms with Gasteiger partial charge in [-0.25, -0.2) is 13.2 Å². The quantitative estimate of drug-likeness (QED) is 0.399. The van der Waals surface area contributed by atoms with Gasteiger partial charge in [0, 0.05) is 19.2 Å². The van der Waals surface area contributed by atoms with Crippen LogP contribution < -0.4 is 14.8 Å². The summed E-state index contributed by atoms with van der Waals surface area (Å²) < 4.78 is 58.3. The number of β-amino-alcohol motifs (C(OH)–C–C–N with tert-alkyl or cyclic N) is 1.